The Morgan fingerprint density at radius 1 is 1.30 bits per heavy atom. The lowest BCUT2D eigenvalue weighted by atomic mass is 10.2. The lowest BCUT2D eigenvalue weighted by molar-refractivity contribution is 0.248. The molecule has 5 nitrogen and oxygen atoms in total. The number of nitrogens with one attached hydrogen (secondary N) is 2. The second-order valence-electron chi connectivity index (χ2n) is 4.48. The minimum absolute atomic E-state index is 0.0316. The molecule has 0 unspecified atom stereocenters. The predicted molar refractivity (Wildman–Crippen MR) is 77.0 cm³/mol. The van der Waals surface area contributed by atoms with E-state index in [0.717, 1.165) is 5.76 Å². The monoisotopic (exact) mass is 274 g/mol. The molecule has 0 radical (unpaired) electrons. The van der Waals surface area contributed by atoms with Gasteiger partial charge in [0.15, 0.2) is 0 Å². The number of ether oxygens (including phenoxy) is 1. The van der Waals surface area contributed by atoms with E-state index in [0.29, 0.717) is 17.9 Å². The molecule has 2 aromatic rings. The third-order valence-corrected chi connectivity index (χ3v) is 2.82. The Hall–Kier alpha value is -2.43. The van der Waals surface area contributed by atoms with Crippen LogP contribution in [-0.4, -0.2) is 19.2 Å². The van der Waals surface area contributed by atoms with E-state index in [4.69, 9.17) is 9.15 Å². The van der Waals surface area contributed by atoms with Gasteiger partial charge in [0.05, 0.1) is 19.1 Å². The maximum absolute atomic E-state index is 11.9. The number of amides is 2. The quantitative estimate of drug-likeness (QED) is 0.880. The average molecular weight is 274 g/mol. The van der Waals surface area contributed by atoms with Crippen molar-refractivity contribution < 1.29 is 13.9 Å². The Balaban J connectivity index is 1.88. The van der Waals surface area contributed by atoms with Crippen LogP contribution in [-0.2, 0) is 6.42 Å². The Kier molecular flexibility index (Phi) is 4.65. The maximum atomic E-state index is 11.9. The van der Waals surface area contributed by atoms with Crippen molar-refractivity contribution in [2.75, 3.05) is 12.4 Å². The van der Waals surface area contributed by atoms with Crippen LogP contribution in [0.4, 0.5) is 10.5 Å². The highest BCUT2D eigenvalue weighted by Crippen LogP contribution is 2.22. The summed E-state index contributed by atoms with van der Waals surface area (Å²) in [4.78, 5) is 11.9. The summed E-state index contributed by atoms with van der Waals surface area (Å²) < 4.78 is 10.4. The van der Waals surface area contributed by atoms with Crippen molar-refractivity contribution in [2.24, 2.45) is 0 Å². The summed E-state index contributed by atoms with van der Waals surface area (Å²) in [6.45, 7) is 1.92. The molecule has 0 saturated heterocycles. The van der Waals surface area contributed by atoms with Gasteiger partial charge in [0, 0.05) is 12.5 Å². The first-order valence-electron chi connectivity index (χ1n) is 6.42. The van der Waals surface area contributed by atoms with Gasteiger partial charge in [-0.25, -0.2) is 4.79 Å². The van der Waals surface area contributed by atoms with Gasteiger partial charge in [-0.2, -0.15) is 0 Å². The molecule has 1 heterocycles. The summed E-state index contributed by atoms with van der Waals surface area (Å²) in [5, 5.41) is 5.62. The van der Waals surface area contributed by atoms with Gasteiger partial charge < -0.3 is 19.8 Å². The van der Waals surface area contributed by atoms with E-state index in [2.05, 4.69) is 10.6 Å². The van der Waals surface area contributed by atoms with Gasteiger partial charge in [0.2, 0.25) is 0 Å². The van der Waals surface area contributed by atoms with Crippen LogP contribution in [0.5, 0.6) is 5.75 Å². The van der Waals surface area contributed by atoms with Crippen molar-refractivity contribution in [3.63, 3.8) is 0 Å². The first-order chi connectivity index (χ1) is 9.69. The molecular formula is C15H18N2O3. The number of hydrogen-bond acceptors (Lipinski definition) is 3. The molecule has 2 N–H and O–H groups in total. The van der Waals surface area contributed by atoms with Crippen LogP contribution < -0.4 is 15.4 Å². The Labute approximate surface area is 117 Å². The van der Waals surface area contributed by atoms with Crippen LogP contribution in [0.3, 0.4) is 0 Å². The summed E-state index contributed by atoms with van der Waals surface area (Å²) in [7, 11) is 1.57. The Morgan fingerprint density at radius 2 is 2.10 bits per heavy atom. The molecule has 0 spiro atoms. The largest absolute Gasteiger partial charge is 0.495 e. The number of hydrogen-bond donors (Lipinski definition) is 2. The lowest BCUT2D eigenvalue weighted by Gasteiger charge is -2.15. The maximum Gasteiger partial charge on any atom is 0.319 e. The number of methoxy groups -OCH3 is 1. The minimum Gasteiger partial charge on any atom is -0.495 e. The number of para-hydroxylation sites is 2. The fraction of sp³-hybridized carbons (Fsp3) is 0.267. The Morgan fingerprint density at radius 3 is 2.80 bits per heavy atom. The molecule has 0 aliphatic carbocycles. The molecule has 0 bridgehead atoms. The number of urea groups is 1. The molecule has 20 heavy (non-hydrogen) atoms. The molecule has 0 aliphatic heterocycles. The van der Waals surface area contributed by atoms with E-state index in [-0.39, 0.29) is 12.1 Å². The second kappa shape index (κ2) is 6.65. The molecule has 1 aromatic heterocycles. The van der Waals surface area contributed by atoms with Gasteiger partial charge in [-0.1, -0.05) is 12.1 Å². The van der Waals surface area contributed by atoms with Crippen LogP contribution in [0, 0.1) is 0 Å². The number of rotatable bonds is 5. The number of benzene rings is 1. The van der Waals surface area contributed by atoms with Gasteiger partial charge in [0.1, 0.15) is 11.5 Å². The topological polar surface area (TPSA) is 63.5 Å². The van der Waals surface area contributed by atoms with E-state index < -0.39 is 0 Å². The van der Waals surface area contributed by atoms with E-state index in [1.165, 1.54) is 0 Å². The SMILES string of the molecule is COc1ccccc1NC(=O)N[C@@H](C)Cc1ccco1. The van der Waals surface area contributed by atoms with Gasteiger partial charge in [-0.3, -0.25) is 0 Å². The number of carbonyl (C=O) groups is 1. The molecule has 5 heteroatoms. The molecular weight excluding hydrogens is 256 g/mol. The highest BCUT2D eigenvalue weighted by Gasteiger charge is 2.11. The van der Waals surface area contributed by atoms with Gasteiger partial charge in [0.25, 0.3) is 0 Å². The van der Waals surface area contributed by atoms with Crippen LogP contribution >= 0.6 is 0 Å². The molecule has 1 atom stereocenters. The van der Waals surface area contributed by atoms with E-state index in [9.17, 15) is 4.79 Å². The zero-order valence-corrected chi connectivity index (χ0v) is 11.6. The van der Waals surface area contributed by atoms with E-state index in [1.807, 2.05) is 31.2 Å². The smallest absolute Gasteiger partial charge is 0.319 e. The fourth-order valence-electron chi connectivity index (χ4n) is 1.91. The van der Waals surface area contributed by atoms with Crippen LogP contribution in [0.2, 0.25) is 0 Å². The average Bonchev–Trinajstić information content (AvgIpc) is 2.91. The van der Waals surface area contributed by atoms with Gasteiger partial charge in [-0.15, -0.1) is 0 Å². The number of furan rings is 1. The van der Waals surface area contributed by atoms with E-state index >= 15 is 0 Å². The predicted octanol–water partition coefficient (Wildman–Crippen LogP) is 3.04. The summed E-state index contributed by atoms with van der Waals surface area (Å²) in [5.74, 6) is 1.47. The van der Waals surface area contributed by atoms with Crippen LogP contribution in [0.15, 0.2) is 47.1 Å². The van der Waals surface area contributed by atoms with Crippen molar-refractivity contribution in [3.05, 3.63) is 48.4 Å². The number of carbonyl (C=O) groups excluding carboxylic acids is 1. The normalized spacial score (nSPS) is 11.7. The highest BCUT2D eigenvalue weighted by molar-refractivity contribution is 5.91. The molecule has 2 amide bonds. The van der Waals surface area contributed by atoms with E-state index in [1.54, 1.807) is 25.5 Å². The fourth-order valence-corrected chi connectivity index (χ4v) is 1.91. The Bertz CT molecular complexity index is 552. The molecule has 0 fully saturated rings. The van der Waals surface area contributed by atoms with Gasteiger partial charge >= 0.3 is 6.03 Å². The first kappa shape index (κ1) is 14.0. The van der Waals surface area contributed by atoms with Crippen LogP contribution in [0.25, 0.3) is 0 Å². The first-order valence-corrected chi connectivity index (χ1v) is 6.42. The molecule has 0 aliphatic rings. The molecule has 2 rings (SSSR count). The summed E-state index contributed by atoms with van der Waals surface area (Å²) >= 11 is 0. The van der Waals surface area contributed by atoms with Gasteiger partial charge in [-0.05, 0) is 31.2 Å². The molecule has 0 saturated carbocycles. The molecule has 106 valence electrons. The zero-order valence-electron chi connectivity index (χ0n) is 11.6. The summed E-state index contributed by atoms with van der Waals surface area (Å²) in [5.41, 5.74) is 0.637. The van der Waals surface area contributed by atoms with Crippen LogP contribution in [0.1, 0.15) is 12.7 Å². The minimum atomic E-state index is -0.270. The zero-order chi connectivity index (χ0) is 14.4. The van der Waals surface area contributed by atoms with Crippen molar-refractivity contribution in [3.8, 4) is 5.75 Å². The number of anilines is 1. The lowest BCUT2D eigenvalue weighted by Crippen LogP contribution is -2.37. The third kappa shape index (κ3) is 3.78. The molecule has 1 aromatic carbocycles. The van der Waals surface area contributed by atoms with Crippen molar-refractivity contribution in [2.45, 2.75) is 19.4 Å². The standard InChI is InChI=1S/C15H18N2O3/c1-11(10-12-6-5-9-20-12)16-15(18)17-13-7-3-4-8-14(13)19-2/h3-9,11H,10H2,1-2H3,(H2,16,17,18)/t11-/m0/s1. The second-order valence-corrected chi connectivity index (χ2v) is 4.48. The van der Waals surface area contributed by atoms with Crippen molar-refractivity contribution in [1.29, 1.82) is 0 Å². The van der Waals surface area contributed by atoms with Crippen molar-refractivity contribution in [1.82, 2.24) is 5.32 Å². The summed E-state index contributed by atoms with van der Waals surface area (Å²) in [6, 6.07) is 10.7. The highest BCUT2D eigenvalue weighted by atomic mass is 16.5. The third-order valence-electron chi connectivity index (χ3n) is 2.82. The summed E-state index contributed by atoms with van der Waals surface area (Å²) in [6.07, 6.45) is 2.27. The van der Waals surface area contributed by atoms with Crippen molar-refractivity contribution >= 4 is 11.7 Å².